The molecule has 2 aromatic heterocycles. The molecule has 0 saturated carbocycles. The van der Waals surface area contributed by atoms with Crippen LogP contribution in [0.15, 0.2) is 36.7 Å². The second-order valence-corrected chi connectivity index (χ2v) is 4.62. The Morgan fingerprint density at radius 2 is 2.16 bits per heavy atom. The quantitative estimate of drug-likeness (QED) is 0.669. The maximum absolute atomic E-state index is 13.6. The summed E-state index contributed by atoms with van der Waals surface area (Å²) in [6, 6.07) is 6.72. The predicted molar refractivity (Wildman–Crippen MR) is 73.1 cm³/mol. The molecule has 0 N–H and O–H groups in total. The van der Waals surface area contributed by atoms with Gasteiger partial charge in [-0.3, -0.25) is 9.55 Å². The summed E-state index contributed by atoms with van der Waals surface area (Å²) in [5.41, 5.74) is 3.20. The minimum absolute atomic E-state index is 0.254. The summed E-state index contributed by atoms with van der Waals surface area (Å²) in [5.74, 6) is 0.658. The van der Waals surface area contributed by atoms with E-state index in [1.165, 1.54) is 12.1 Å². The molecule has 3 rings (SSSR count). The molecule has 0 unspecified atom stereocenters. The normalized spacial score (nSPS) is 11.1. The topological polar surface area (TPSA) is 30.7 Å². The highest BCUT2D eigenvalue weighted by atomic mass is 35.5. The molecular weight excluding hydrogens is 265 g/mol. The minimum atomic E-state index is -0.272. The minimum Gasteiger partial charge on any atom is -0.295 e. The Balaban J connectivity index is 2.34. The van der Waals surface area contributed by atoms with Crippen LogP contribution in [0.1, 0.15) is 11.4 Å². The third kappa shape index (κ3) is 2.08. The number of aromatic nitrogens is 3. The molecule has 0 spiro atoms. The zero-order valence-electron chi connectivity index (χ0n) is 10.3. The maximum Gasteiger partial charge on any atom is 0.129 e. The molecule has 3 nitrogen and oxygen atoms in total. The van der Waals surface area contributed by atoms with E-state index in [1.54, 1.807) is 12.4 Å². The lowest BCUT2D eigenvalue weighted by molar-refractivity contribution is 0.625. The van der Waals surface area contributed by atoms with Gasteiger partial charge in [-0.2, -0.15) is 0 Å². The molecule has 96 valence electrons. The molecule has 3 aromatic rings. The van der Waals surface area contributed by atoms with Crippen LogP contribution in [0.4, 0.5) is 4.39 Å². The van der Waals surface area contributed by atoms with Crippen LogP contribution in [-0.2, 0) is 5.88 Å². The summed E-state index contributed by atoms with van der Waals surface area (Å²) in [6.07, 6.45) is 3.36. The highest BCUT2D eigenvalue weighted by molar-refractivity contribution is 6.17. The van der Waals surface area contributed by atoms with E-state index in [-0.39, 0.29) is 11.7 Å². The van der Waals surface area contributed by atoms with Crippen molar-refractivity contribution in [2.75, 3.05) is 0 Å². The average molecular weight is 276 g/mol. The molecule has 0 aliphatic rings. The molecule has 0 aliphatic carbocycles. The lowest BCUT2D eigenvalue weighted by Gasteiger charge is -2.09. The number of aryl methyl sites for hydroxylation is 1. The summed E-state index contributed by atoms with van der Waals surface area (Å²) < 4.78 is 15.4. The van der Waals surface area contributed by atoms with Crippen LogP contribution >= 0.6 is 11.6 Å². The van der Waals surface area contributed by atoms with E-state index in [4.69, 9.17) is 11.6 Å². The first kappa shape index (κ1) is 12.1. The van der Waals surface area contributed by atoms with E-state index in [0.717, 1.165) is 22.3 Å². The second kappa shape index (κ2) is 4.63. The number of imidazole rings is 1. The molecule has 2 heterocycles. The number of hydrogen-bond donors (Lipinski definition) is 0. The summed E-state index contributed by atoms with van der Waals surface area (Å²) in [6.45, 7) is 1.85. The van der Waals surface area contributed by atoms with Gasteiger partial charge in [0.1, 0.15) is 17.2 Å². The Morgan fingerprint density at radius 1 is 1.32 bits per heavy atom. The Hall–Kier alpha value is -1.94. The van der Waals surface area contributed by atoms with Crippen molar-refractivity contribution >= 4 is 22.6 Å². The lowest BCUT2D eigenvalue weighted by atomic mass is 10.2. The van der Waals surface area contributed by atoms with Gasteiger partial charge in [-0.25, -0.2) is 9.37 Å². The smallest absolute Gasteiger partial charge is 0.129 e. The number of benzene rings is 1. The molecule has 0 amide bonds. The van der Waals surface area contributed by atoms with Crippen molar-refractivity contribution in [2.45, 2.75) is 12.8 Å². The van der Waals surface area contributed by atoms with Crippen LogP contribution in [0.25, 0.3) is 16.7 Å². The number of rotatable bonds is 2. The number of fused-ring (bicyclic) bond motifs is 1. The number of hydrogen-bond acceptors (Lipinski definition) is 2. The van der Waals surface area contributed by atoms with Crippen LogP contribution in [0.5, 0.6) is 0 Å². The van der Waals surface area contributed by atoms with E-state index >= 15 is 0 Å². The molecule has 0 atom stereocenters. The predicted octanol–water partition coefficient (Wildman–Crippen LogP) is 3.61. The van der Waals surface area contributed by atoms with E-state index in [0.29, 0.717) is 5.82 Å². The SMILES string of the molecule is Cc1cc(F)cc(-n2c(CCl)nc3cnccc32)c1. The zero-order valence-corrected chi connectivity index (χ0v) is 11.0. The van der Waals surface area contributed by atoms with Gasteiger partial charge < -0.3 is 0 Å². The summed E-state index contributed by atoms with van der Waals surface area (Å²) in [7, 11) is 0. The van der Waals surface area contributed by atoms with Crippen molar-refractivity contribution in [1.82, 2.24) is 14.5 Å². The van der Waals surface area contributed by atoms with E-state index < -0.39 is 0 Å². The van der Waals surface area contributed by atoms with Gasteiger partial charge in [0.2, 0.25) is 0 Å². The van der Waals surface area contributed by atoms with Crippen molar-refractivity contribution in [1.29, 1.82) is 0 Å². The number of alkyl halides is 1. The summed E-state index contributed by atoms with van der Waals surface area (Å²) in [4.78, 5) is 8.45. The van der Waals surface area contributed by atoms with Crippen molar-refractivity contribution in [3.05, 3.63) is 53.9 Å². The summed E-state index contributed by atoms with van der Waals surface area (Å²) in [5, 5.41) is 0. The highest BCUT2D eigenvalue weighted by Crippen LogP contribution is 2.23. The van der Waals surface area contributed by atoms with Crippen LogP contribution in [0.2, 0.25) is 0 Å². The first-order chi connectivity index (χ1) is 9.19. The molecular formula is C14H11ClFN3. The molecule has 5 heteroatoms. The highest BCUT2D eigenvalue weighted by Gasteiger charge is 2.12. The fourth-order valence-electron chi connectivity index (χ4n) is 2.21. The second-order valence-electron chi connectivity index (χ2n) is 4.35. The van der Waals surface area contributed by atoms with E-state index in [9.17, 15) is 4.39 Å². The fraction of sp³-hybridized carbons (Fsp3) is 0.143. The fourth-order valence-corrected chi connectivity index (χ4v) is 2.39. The van der Waals surface area contributed by atoms with Crippen LogP contribution < -0.4 is 0 Å². The van der Waals surface area contributed by atoms with Crippen LogP contribution in [0.3, 0.4) is 0 Å². The molecule has 0 bridgehead atoms. The van der Waals surface area contributed by atoms with E-state index in [2.05, 4.69) is 9.97 Å². The monoisotopic (exact) mass is 275 g/mol. The van der Waals surface area contributed by atoms with Crippen LogP contribution in [-0.4, -0.2) is 14.5 Å². The number of halogens is 2. The molecule has 0 fully saturated rings. The molecule has 0 radical (unpaired) electrons. The lowest BCUT2D eigenvalue weighted by Crippen LogP contribution is -2.00. The van der Waals surface area contributed by atoms with Crippen molar-refractivity contribution < 1.29 is 4.39 Å². The van der Waals surface area contributed by atoms with Crippen molar-refractivity contribution in [2.24, 2.45) is 0 Å². The van der Waals surface area contributed by atoms with Gasteiger partial charge >= 0.3 is 0 Å². The largest absolute Gasteiger partial charge is 0.295 e. The van der Waals surface area contributed by atoms with Gasteiger partial charge in [0.25, 0.3) is 0 Å². The first-order valence-corrected chi connectivity index (χ1v) is 6.37. The Labute approximate surface area is 114 Å². The zero-order chi connectivity index (χ0) is 13.4. The molecule has 1 aromatic carbocycles. The third-order valence-corrected chi connectivity index (χ3v) is 3.17. The maximum atomic E-state index is 13.6. The Bertz CT molecular complexity index is 731. The van der Waals surface area contributed by atoms with Crippen LogP contribution in [0, 0.1) is 12.7 Å². The van der Waals surface area contributed by atoms with Gasteiger partial charge in [-0.05, 0) is 36.8 Å². The van der Waals surface area contributed by atoms with Gasteiger partial charge in [0.15, 0.2) is 0 Å². The number of nitrogens with zero attached hydrogens (tertiary/aromatic N) is 3. The van der Waals surface area contributed by atoms with Crippen molar-refractivity contribution in [3.63, 3.8) is 0 Å². The Morgan fingerprint density at radius 3 is 2.89 bits per heavy atom. The summed E-state index contributed by atoms with van der Waals surface area (Å²) >= 11 is 5.94. The van der Waals surface area contributed by atoms with Crippen molar-refractivity contribution in [3.8, 4) is 5.69 Å². The van der Waals surface area contributed by atoms with Gasteiger partial charge in [-0.15, -0.1) is 11.6 Å². The van der Waals surface area contributed by atoms with Gasteiger partial charge in [0, 0.05) is 6.20 Å². The van der Waals surface area contributed by atoms with Gasteiger partial charge in [0.05, 0.1) is 23.3 Å². The Kier molecular flexibility index (Phi) is 2.95. The van der Waals surface area contributed by atoms with E-state index in [1.807, 2.05) is 23.6 Å². The first-order valence-electron chi connectivity index (χ1n) is 5.84. The third-order valence-electron chi connectivity index (χ3n) is 2.93. The molecule has 19 heavy (non-hydrogen) atoms. The average Bonchev–Trinajstić information content (AvgIpc) is 2.75. The molecule has 0 saturated heterocycles. The van der Waals surface area contributed by atoms with Gasteiger partial charge in [-0.1, -0.05) is 0 Å². The standard InChI is InChI=1S/C14H11ClFN3/c1-9-4-10(16)6-11(5-9)19-13-2-3-17-8-12(13)18-14(19)7-15/h2-6,8H,7H2,1H3. The number of pyridine rings is 1. The molecule has 0 aliphatic heterocycles.